The Balaban J connectivity index is 1.60. The Morgan fingerprint density at radius 1 is 1.55 bits per heavy atom. The van der Waals surface area contributed by atoms with Crippen LogP contribution in [0.3, 0.4) is 0 Å². The van der Waals surface area contributed by atoms with Gasteiger partial charge in [0, 0.05) is 24.1 Å². The number of aromatic nitrogens is 1. The lowest BCUT2D eigenvalue weighted by Crippen LogP contribution is -2.46. The maximum atomic E-state index is 12.0. The van der Waals surface area contributed by atoms with Crippen molar-refractivity contribution in [2.75, 3.05) is 11.6 Å². The number of hydrogen-bond donors (Lipinski definition) is 2. The van der Waals surface area contributed by atoms with Crippen LogP contribution in [0.5, 0.6) is 0 Å². The van der Waals surface area contributed by atoms with Gasteiger partial charge in [0.25, 0.3) is 0 Å². The first-order chi connectivity index (χ1) is 9.72. The molecule has 20 heavy (non-hydrogen) atoms. The van der Waals surface area contributed by atoms with Gasteiger partial charge in [-0.25, -0.2) is 4.98 Å². The molecule has 1 saturated heterocycles. The zero-order valence-electron chi connectivity index (χ0n) is 11.3. The second kappa shape index (κ2) is 6.11. The van der Waals surface area contributed by atoms with Crippen LogP contribution in [0.1, 0.15) is 11.9 Å². The molecule has 0 aliphatic carbocycles. The van der Waals surface area contributed by atoms with Crippen molar-refractivity contribution in [2.45, 2.75) is 25.4 Å². The number of carbonyl (C=O) groups excluding carboxylic acids is 1. The minimum atomic E-state index is -0.0437. The van der Waals surface area contributed by atoms with Crippen LogP contribution in [0.15, 0.2) is 24.3 Å². The predicted molar refractivity (Wildman–Crippen MR) is 85.2 cm³/mol. The van der Waals surface area contributed by atoms with Gasteiger partial charge in [0.1, 0.15) is 0 Å². The van der Waals surface area contributed by atoms with Crippen molar-refractivity contribution in [2.24, 2.45) is 0 Å². The molecule has 106 valence electrons. The maximum absolute atomic E-state index is 12.0. The molecule has 1 aromatic carbocycles. The van der Waals surface area contributed by atoms with Crippen LogP contribution in [-0.2, 0) is 11.2 Å². The van der Waals surface area contributed by atoms with Crippen LogP contribution in [0, 0.1) is 0 Å². The molecule has 0 saturated carbocycles. The molecular formula is C14H17N3OS2. The number of nitrogens with zero attached hydrogens (tertiary/aromatic N) is 1. The Labute approximate surface area is 126 Å². The molecule has 1 aromatic heterocycles. The smallest absolute Gasteiger partial charge is 0.238 e. The Kier molecular flexibility index (Phi) is 4.24. The van der Waals surface area contributed by atoms with Crippen LogP contribution >= 0.6 is 23.1 Å². The minimum absolute atomic E-state index is 0.0437. The third-order valence-corrected chi connectivity index (χ3v) is 5.24. The van der Waals surface area contributed by atoms with Crippen LogP contribution in [0.4, 0.5) is 0 Å². The number of nitrogens with one attached hydrogen (secondary N) is 2. The van der Waals surface area contributed by atoms with Crippen molar-refractivity contribution in [3.63, 3.8) is 0 Å². The molecule has 1 amide bonds. The first-order valence-corrected chi connectivity index (χ1v) is 8.65. The molecule has 2 atom stereocenters. The van der Waals surface area contributed by atoms with E-state index in [0.717, 1.165) is 28.6 Å². The zero-order valence-corrected chi connectivity index (χ0v) is 12.9. The highest BCUT2D eigenvalue weighted by atomic mass is 32.2. The van der Waals surface area contributed by atoms with E-state index in [2.05, 4.69) is 21.7 Å². The first-order valence-electron chi connectivity index (χ1n) is 6.68. The van der Waals surface area contributed by atoms with Gasteiger partial charge in [0.2, 0.25) is 5.91 Å². The fourth-order valence-electron chi connectivity index (χ4n) is 2.23. The maximum Gasteiger partial charge on any atom is 0.238 e. The first kappa shape index (κ1) is 13.9. The third kappa shape index (κ3) is 3.13. The van der Waals surface area contributed by atoms with Crippen LogP contribution < -0.4 is 10.6 Å². The van der Waals surface area contributed by atoms with E-state index in [1.807, 2.05) is 25.1 Å². The normalized spacial score (nSPS) is 20.1. The summed E-state index contributed by atoms with van der Waals surface area (Å²) in [6.07, 6.45) is 0.783. The molecule has 1 fully saturated rings. The summed E-state index contributed by atoms with van der Waals surface area (Å²) in [5.41, 5.74) is 1.04. The van der Waals surface area contributed by atoms with Gasteiger partial charge < -0.3 is 5.32 Å². The molecule has 1 aliphatic heterocycles. The highest BCUT2D eigenvalue weighted by Gasteiger charge is 2.23. The average Bonchev–Trinajstić information content (AvgIpc) is 3.07. The number of para-hydroxylation sites is 1. The number of thioether (sulfide) groups is 1. The van der Waals surface area contributed by atoms with Gasteiger partial charge in [0.15, 0.2) is 0 Å². The van der Waals surface area contributed by atoms with Crippen molar-refractivity contribution in [1.29, 1.82) is 0 Å². The van der Waals surface area contributed by atoms with Gasteiger partial charge in [-0.2, -0.15) is 0 Å². The number of hydrogen-bond acceptors (Lipinski definition) is 5. The van der Waals surface area contributed by atoms with Crippen molar-refractivity contribution in [1.82, 2.24) is 15.6 Å². The lowest BCUT2D eigenvalue weighted by molar-refractivity contribution is -0.123. The fourth-order valence-corrected chi connectivity index (χ4v) is 4.27. The second-order valence-corrected chi connectivity index (χ2v) is 7.11. The summed E-state index contributed by atoms with van der Waals surface area (Å²) in [6, 6.07) is 8.20. The van der Waals surface area contributed by atoms with Crippen molar-refractivity contribution < 1.29 is 4.79 Å². The van der Waals surface area contributed by atoms with Crippen molar-refractivity contribution in [3.05, 3.63) is 29.3 Å². The molecule has 6 heteroatoms. The monoisotopic (exact) mass is 307 g/mol. The number of amides is 1. The molecule has 4 nitrogen and oxygen atoms in total. The van der Waals surface area contributed by atoms with E-state index < -0.39 is 0 Å². The largest absolute Gasteiger partial charge is 0.352 e. The summed E-state index contributed by atoms with van der Waals surface area (Å²) in [5, 5.41) is 7.33. The van der Waals surface area contributed by atoms with E-state index in [4.69, 9.17) is 0 Å². The van der Waals surface area contributed by atoms with Gasteiger partial charge in [0.05, 0.1) is 21.3 Å². The van der Waals surface area contributed by atoms with E-state index in [-0.39, 0.29) is 18.0 Å². The summed E-state index contributed by atoms with van der Waals surface area (Å²) < 4.78 is 1.20. The lowest BCUT2D eigenvalue weighted by Gasteiger charge is -2.15. The van der Waals surface area contributed by atoms with Crippen LogP contribution in [0.25, 0.3) is 10.2 Å². The lowest BCUT2D eigenvalue weighted by atomic mass is 10.2. The van der Waals surface area contributed by atoms with E-state index >= 15 is 0 Å². The van der Waals surface area contributed by atoms with Gasteiger partial charge in [-0.05, 0) is 19.1 Å². The average molecular weight is 307 g/mol. The number of rotatable bonds is 4. The van der Waals surface area contributed by atoms with Crippen molar-refractivity contribution >= 4 is 39.2 Å². The Morgan fingerprint density at radius 3 is 3.15 bits per heavy atom. The number of carbonyl (C=O) groups is 1. The summed E-state index contributed by atoms with van der Waals surface area (Å²) in [6.45, 7) is 2.03. The number of fused-ring (bicyclic) bond motifs is 1. The molecule has 0 spiro atoms. The number of thiazole rings is 1. The molecule has 1 aliphatic rings. The quantitative estimate of drug-likeness (QED) is 0.907. The Hall–Kier alpha value is -1.11. The minimum Gasteiger partial charge on any atom is -0.352 e. The van der Waals surface area contributed by atoms with Gasteiger partial charge in [-0.1, -0.05) is 12.1 Å². The topological polar surface area (TPSA) is 54.0 Å². The molecule has 0 radical (unpaired) electrons. The molecule has 2 aromatic rings. The highest BCUT2D eigenvalue weighted by Crippen LogP contribution is 2.22. The second-order valence-electron chi connectivity index (χ2n) is 4.96. The van der Waals surface area contributed by atoms with E-state index in [1.165, 1.54) is 4.70 Å². The molecule has 2 unspecified atom stereocenters. The standard InChI is InChI=1S/C14H17N3OS2/c1-9(16-14(18)11-7-19-8-15-11)6-13-17-10-4-2-3-5-12(10)20-13/h2-5,9,11,15H,6-8H2,1H3,(H,16,18). The Morgan fingerprint density at radius 2 is 2.40 bits per heavy atom. The van der Waals surface area contributed by atoms with E-state index in [0.29, 0.717) is 0 Å². The summed E-state index contributed by atoms with van der Waals surface area (Å²) in [5.74, 6) is 1.83. The van der Waals surface area contributed by atoms with Crippen molar-refractivity contribution in [3.8, 4) is 0 Å². The predicted octanol–water partition coefficient (Wildman–Crippen LogP) is 2.01. The summed E-state index contributed by atoms with van der Waals surface area (Å²) in [7, 11) is 0. The molecule has 3 rings (SSSR count). The molecule has 2 heterocycles. The summed E-state index contributed by atoms with van der Waals surface area (Å²) in [4.78, 5) is 16.6. The molecule has 2 N–H and O–H groups in total. The van der Waals surface area contributed by atoms with E-state index in [9.17, 15) is 4.79 Å². The summed E-state index contributed by atoms with van der Waals surface area (Å²) >= 11 is 3.47. The SMILES string of the molecule is CC(Cc1nc2ccccc2s1)NC(=O)C1CSCN1. The number of benzene rings is 1. The van der Waals surface area contributed by atoms with E-state index in [1.54, 1.807) is 23.1 Å². The molecule has 0 bridgehead atoms. The molecular weight excluding hydrogens is 290 g/mol. The van der Waals surface area contributed by atoms with Crippen LogP contribution in [0.2, 0.25) is 0 Å². The Bertz CT molecular complexity index is 574. The van der Waals surface area contributed by atoms with Crippen LogP contribution in [-0.4, -0.2) is 34.6 Å². The zero-order chi connectivity index (χ0) is 13.9. The fraction of sp³-hybridized carbons (Fsp3) is 0.429. The highest BCUT2D eigenvalue weighted by molar-refractivity contribution is 7.99. The van der Waals surface area contributed by atoms with Gasteiger partial charge in [-0.15, -0.1) is 23.1 Å². The third-order valence-electron chi connectivity index (χ3n) is 3.24. The van der Waals surface area contributed by atoms with Gasteiger partial charge in [-0.3, -0.25) is 10.1 Å². The van der Waals surface area contributed by atoms with Gasteiger partial charge >= 0.3 is 0 Å².